The molecule has 1 N–H and O–H groups in total. The Bertz CT molecular complexity index is 562. The van der Waals surface area contributed by atoms with Crippen LogP contribution in [0.5, 0.6) is 0 Å². The van der Waals surface area contributed by atoms with E-state index in [1.54, 1.807) is 0 Å². The van der Waals surface area contributed by atoms with Crippen LogP contribution in [-0.2, 0) is 6.42 Å². The molecule has 2 rings (SSSR count). The molecule has 0 saturated heterocycles. The van der Waals surface area contributed by atoms with Crippen molar-refractivity contribution in [3.05, 3.63) is 54.1 Å². The fourth-order valence-corrected chi connectivity index (χ4v) is 1.81. The van der Waals surface area contributed by atoms with E-state index in [0.29, 0.717) is 6.42 Å². The van der Waals surface area contributed by atoms with Crippen molar-refractivity contribution in [2.45, 2.75) is 6.42 Å². The van der Waals surface area contributed by atoms with E-state index >= 15 is 0 Å². The minimum atomic E-state index is 0.456. The monoisotopic (exact) mass is 251 g/mol. The minimum absolute atomic E-state index is 0.456. The molecular weight excluding hydrogens is 234 g/mol. The second kappa shape index (κ2) is 5.92. The zero-order valence-electron chi connectivity index (χ0n) is 11.2. The SMILES string of the molecule is CN(C)c1ccc(Nc2ccc(CC#N)cc2)cc1. The lowest BCUT2D eigenvalue weighted by molar-refractivity contribution is 1.13. The lowest BCUT2D eigenvalue weighted by Crippen LogP contribution is -2.08. The van der Waals surface area contributed by atoms with E-state index in [-0.39, 0.29) is 0 Å². The molecule has 0 amide bonds. The number of benzene rings is 2. The van der Waals surface area contributed by atoms with Crippen molar-refractivity contribution in [3.63, 3.8) is 0 Å². The fraction of sp³-hybridized carbons (Fsp3) is 0.188. The molecule has 0 atom stereocenters. The van der Waals surface area contributed by atoms with Crippen molar-refractivity contribution >= 4 is 17.1 Å². The molecule has 0 spiro atoms. The molecule has 0 aromatic heterocycles. The molecule has 0 bridgehead atoms. The lowest BCUT2D eigenvalue weighted by Gasteiger charge is -2.13. The van der Waals surface area contributed by atoms with Gasteiger partial charge in [0, 0.05) is 31.2 Å². The molecule has 0 aliphatic heterocycles. The van der Waals surface area contributed by atoms with Gasteiger partial charge in [0.1, 0.15) is 0 Å². The summed E-state index contributed by atoms with van der Waals surface area (Å²) in [5.74, 6) is 0. The number of hydrogen-bond acceptors (Lipinski definition) is 3. The standard InChI is InChI=1S/C16H17N3/c1-19(2)16-9-7-15(8-10-16)18-14-5-3-13(4-6-14)11-12-17/h3-10,18H,11H2,1-2H3. The summed E-state index contributed by atoms with van der Waals surface area (Å²) in [5, 5.41) is 12.0. The highest BCUT2D eigenvalue weighted by Gasteiger charge is 1.98. The Morgan fingerprint density at radius 1 is 0.947 bits per heavy atom. The average molecular weight is 251 g/mol. The normalized spacial score (nSPS) is 9.74. The van der Waals surface area contributed by atoms with Gasteiger partial charge in [-0.3, -0.25) is 0 Å². The van der Waals surface area contributed by atoms with Crippen LogP contribution in [0.1, 0.15) is 5.56 Å². The van der Waals surface area contributed by atoms with Crippen LogP contribution >= 0.6 is 0 Å². The predicted molar refractivity (Wildman–Crippen MR) is 79.8 cm³/mol. The van der Waals surface area contributed by atoms with Crippen molar-refractivity contribution in [1.82, 2.24) is 0 Å². The average Bonchev–Trinajstić information content (AvgIpc) is 2.42. The highest BCUT2D eigenvalue weighted by molar-refractivity contribution is 5.62. The third-order valence-electron chi connectivity index (χ3n) is 2.91. The van der Waals surface area contributed by atoms with Crippen LogP contribution in [-0.4, -0.2) is 14.1 Å². The highest BCUT2D eigenvalue weighted by Crippen LogP contribution is 2.20. The predicted octanol–water partition coefficient (Wildman–Crippen LogP) is 3.56. The van der Waals surface area contributed by atoms with Crippen LogP contribution in [0, 0.1) is 11.3 Å². The van der Waals surface area contributed by atoms with Gasteiger partial charge in [-0.05, 0) is 42.0 Å². The van der Waals surface area contributed by atoms with E-state index < -0.39 is 0 Å². The number of nitrogens with one attached hydrogen (secondary N) is 1. The molecule has 2 aromatic carbocycles. The molecule has 0 aliphatic rings. The number of hydrogen-bond donors (Lipinski definition) is 1. The van der Waals surface area contributed by atoms with Crippen LogP contribution in [0.2, 0.25) is 0 Å². The molecule has 0 radical (unpaired) electrons. The van der Waals surface area contributed by atoms with Crippen LogP contribution < -0.4 is 10.2 Å². The summed E-state index contributed by atoms with van der Waals surface area (Å²) in [4.78, 5) is 2.07. The molecule has 96 valence electrons. The van der Waals surface area contributed by atoms with Crippen LogP contribution in [0.15, 0.2) is 48.5 Å². The Hall–Kier alpha value is -2.47. The molecule has 0 unspecified atom stereocenters. The maximum absolute atomic E-state index is 8.63. The summed E-state index contributed by atoms with van der Waals surface area (Å²) in [6, 6.07) is 18.3. The second-order valence-electron chi connectivity index (χ2n) is 4.60. The number of anilines is 3. The van der Waals surface area contributed by atoms with Gasteiger partial charge < -0.3 is 10.2 Å². The van der Waals surface area contributed by atoms with Gasteiger partial charge in [-0.15, -0.1) is 0 Å². The van der Waals surface area contributed by atoms with Gasteiger partial charge in [-0.2, -0.15) is 5.26 Å². The van der Waals surface area contributed by atoms with E-state index in [2.05, 4.69) is 40.6 Å². The van der Waals surface area contributed by atoms with Crippen molar-refractivity contribution in [2.24, 2.45) is 0 Å². The summed E-state index contributed by atoms with van der Waals surface area (Å²) in [6.07, 6.45) is 0.456. The van der Waals surface area contributed by atoms with Gasteiger partial charge in [-0.1, -0.05) is 12.1 Å². The topological polar surface area (TPSA) is 39.1 Å². The van der Waals surface area contributed by atoms with Gasteiger partial charge in [0.2, 0.25) is 0 Å². The number of nitrogens with zero attached hydrogens (tertiary/aromatic N) is 2. The summed E-state index contributed by atoms with van der Waals surface area (Å²) in [6.45, 7) is 0. The smallest absolute Gasteiger partial charge is 0.0669 e. The third-order valence-corrected chi connectivity index (χ3v) is 2.91. The summed E-state index contributed by atoms with van der Waals surface area (Å²) in [7, 11) is 4.05. The Morgan fingerprint density at radius 2 is 1.47 bits per heavy atom. The van der Waals surface area contributed by atoms with Crippen LogP contribution in [0.25, 0.3) is 0 Å². The first kappa shape index (κ1) is 13.0. The molecule has 0 heterocycles. The molecule has 3 heteroatoms. The Morgan fingerprint density at radius 3 is 1.95 bits per heavy atom. The minimum Gasteiger partial charge on any atom is -0.378 e. The zero-order chi connectivity index (χ0) is 13.7. The van der Waals surface area contributed by atoms with Crippen molar-refractivity contribution < 1.29 is 0 Å². The first-order valence-corrected chi connectivity index (χ1v) is 6.19. The first-order chi connectivity index (χ1) is 9.19. The molecule has 0 fully saturated rings. The first-order valence-electron chi connectivity index (χ1n) is 6.19. The van der Waals surface area contributed by atoms with E-state index in [4.69, 9.17) is 5.26 Å². The summed E-state index contributed by atoms with van der Waals surface area (Å²) in [5.41, 5.74) is 4.30. The van der Waals surface area contributed by atoms with Gasteiger partial charge in [0.15, 0.2) is 0 Å². The van der Waals surface area contributed by atoms with Gasteiger partial charge in [-0.25, -0.2) is 0 Å². The molecule has 0 saturated carbocycles. The van der Waals surface area contributed by atoms with Crippen molar-refractivity contribution in [1.29, 1.82) is 5.26 Å². The van der Waals surface area contributed by atoms with E-state index in [0.717, 1.165) is 16.9 Å². The van der Waals surface area contributed by atoms with Crippen LogP contribution in [0.3, 0.4) is 0 Å². The van der Waals surface area contributed by atoms with Crippen molar-refractivity contribution in [2.75, 3.05) is 24.3 Å². The molecule has 0 aliphatic carbocycles. The molecule has 3 nitrogen and oxygen atoms in total. The van der Waals surface area contributed by atoms with E-state index in [1.165, 1.54) is 5.69 Å². The quantitative estimate of drug-likeness (QED) is 0.903. The summed E-state index contributed by atoms with van der Waals surface area (Å²) >= 11 is 0. The molecular formula is C16H17N3. The Kier molecular flexibility index (Phi) is 4.04. The third kappa shape index (κ3) is 3.49. The fourth-order valence-electron chi connectivity index (χ4n) is 1.81. The Balaban J connectivity index is 2.06. The van der Waals surface area contributed by atoms with Crippen LogP contribution in [0.4, 0.5) is 17.1 Å². The maximum Gasteiger partial charge on any atom is 0.0669 e. The molecule has 2 aromatic rings. The van der Waals surface area contributed by atoms with Gasteiger partial charge in [0.05, 0.1) is 12.5 Å². The summed E-state index contributed by atoms with van der Waals surface area (Å²) < 4.78 is 0. The van der Waals surface area contributed by atoms with Gasteiger partial charge >= 0.3 is 0 Å². The maximum atomic E-state index is 8.63. The van der Waals surface area contributed by atoms with Gasteiger partial charge in [0.25, 0.3) is 0 Å². The van der Waals surface area contributed by atoms with E-state index in [9.17, 15) is 0 Å². The largest absolute Gasteiger partial charge is 0.378 e. The lowest BCUT2D eigenvalue weighted by atomic mass is 10.1. The highest BCUT2D eigenvalue weighted by atomic mass is 15.1. The zero-order valence-corrected chi connectivity index (χ0v) is 11.2. The Labute approximate surface area is 114 Å². The van der Waals surface area contributed by atoms with Crippen molar-refractivity contribution in [3.8, 4) is 6.07 Å². The number of nitriles is 1. The van der Waals surface area contributed by atoms with E-state index in [1.807, 2.05) is 38.4 Å². The number of rotatable bonds is 4. The second-order valence-corrected chi connectivity index (χ2v) is 4.60. The molecule has 19 heavy (non-hydrogen) atoms.